The highest BCUT2D eigenvalue weighted by Gasteiger charge is 2.16. The molecule has 94 valence electrons. The Morgan fingerprint density at radius 2 is 2.06 bits per heavy atom. The molecule has 0 atom stereocenters. The number of rotatable bonds is 4. The molecule has 0 amide bonds. The van der Waals surface area contributed by atoms with Gasteiger partial charge in [-0.15, -0.1) is 0 Å². The van der Waals surface area contributed by atoms with Gasteiger partial charge in [-0.05, 0) is 24.5 Å². The molecule has 0 heterocycles. The van der Waals surface area contributed by atoms with E-state index in [4.69, 9.17) is 27.9 Å². The monoisotopic (exact) mass is 276 g/mol. The molecule has 0 unspecified atom stereocenters. The van der Waals surface area contributed by atoms with Crippen LogP contribution in [0.5, 0.6) is 5.75 Å². The first-order valence-electron chi connectivity index (χ1n) is 5.27. The lowest BCUT2D eigenvalue weighted by Crippen LogP contribution is -2.08. The lowest BCUT2D eigenvalue weighted by Gasteiger charge is -2.09. The maximum Gasteiger partial charge on any atom is 0.342 e. The number of carbonyl (C=O) groups is 1. The van der Waals surface area contributed by atoms with Gasteiger partial charge >= 0.3 is 5.97 Å². The van der Waals surface area contributed by atoms with Gasteiger partial charge in [-0.1, -0.05) is 37.0 Å². The third-order valence-electron chi connectivity index (χ3n) is 2.18. The second-order valence-electron chi connectivity index (χ2n) is 4.10. The number of benzene rings is 1. The third kappa shape index (κ3) is 4.10. The van der Waals surface area contributed by atoms with Gasteiger partial charge in [0.1, 0.15) is 11.3 Å². The molecule has 17 heavy (non-hydrogen) atoms. The van der Waals surface area contributed by atoms with E-state index in [1.54, 1.807) is 0 Å². The molecule has 0 bridgehead atoms. The van der Waals surface area contributed by atoms with Crippen LogP contribution in [0.4, 0.5) is 0 Å². The zero-order chi connectivity index (χ0) is 13.0. The van der Waals surface area contributed by atoms with Crippen LogP contribution in [0.25, 0.3) is 0 Å². The largest absolute Gasteiger partial charge is 0.505 e. The molecule has 0 radical (unpaired) electrons. The van der Waals surface area contributed by atoms with Gasteiger partial charge < -0.3 is 9.84 Å². The number of carbonyl (C=O) groups excluding carboxylic acids is 1. The number of aromatic hydroxyl groups is 1. The van der Waals surface area contributed by atoms with Crippen LogP contribution in [0.15, 0.2) is 12.1 Å². The average molecular weight is 277 g/mol. The molecule has 0 fully saturated rings. The number of hydrogen-bond acceptors (Lipinski definition) is 3. The second kappa shape index (κ2) is 6.12. The Hall–Kier alpha value is -0.930. The Morgan fingerprint density at radius 3 is 2.65 bits per heavy atom. The van der Waals surface area contributed by atoms with Crippen molar-refractivity contribution in [3.05, 3.63) is 27.7 Å². The summed E-state index contributed by atoms with van der Waals surface area (Å²) in [6.45, 7) is 4.36. The molecule has 0 aliphatic carbocycles. The first-order chi connectivity index (χ1) is 7.91. The molecule has 1 aromatic carbocycles. The van der Waals surface area contributed by atoms with Crippen molar-refractivity contribution in [2.75, 3.05) is 6.61 Å². The van der Waals surface area contributed by atoms with E-state index in [0.29, 0.717) is 12.5 Å². The number of phenolic OH excluding ortho intramolecular Hbond substituents is 1. The molecule has 0 saturated carbocycles. The van der Waals surface area contributed by atoms with Crippen LogP contribution in [0.2, 0.25) is 10.0 Å². The molecule has 0 aromatic heterocycles. The number of esters is 1. The van der Waals surface area contributed by atoms with Crippen molar-refractivity contribution in [3.63, 3.8) is 0 Å². The fraction of sp³-hybridized carbons (Fsp3) is 0.417. The van der Waals surface area contributed by atoms with Gasteiger partial charge in [0.15, 0.2) is 0 Å². The van der Waals surface area contributed by atoms with Crippen LogP contribution in [0.3, 0.4) is 0 Å². The van der Waals surface area contributed by atoms with Crippen LogP contribution in [-0.2, 0) is 4.74 Å². The zero-order valence-electron chi connectivity index (χ0n) is 9.67. The van der Waals surface area contributed by atoms with Crippen molar-refractivity contribution in [2.24, 2.45) is 5.92 Å². The summed E-state index contributed by atoms with van der Waals surface area (Å²) >= 11 is 11.5. The summed E-state index contributed by atoms with van der Waals surface area (Å²) < 4.78 is 5.01. The quantitative estimate of drug-likeness (QED) is 0.849. The summed E-state index contributed by atoms with van der Waals surface area (Å²) in [6, 6.07) is 2.70. The summed E-state index contributed by atoms with van der Waals surface area (Å²) in [4.78, 5) is 11.7. The fourth-order valence-electron chi connectivity index (χ4n) is 1.19. The van der Waals surface area contributed by atoms with Crippen molar-refractivity contribution in [1.29, 1.82) is 0 Å². The molecule has 1 aromatic rings. The zero-order valence-corrected chi connectivity index (χ0v) is 11.2. The number of hydrogen-bond donors (Lipinski definition) is 1. The molecule has 3 nitrogen and oxygen atoms in total. The van der Waals surface area contributed by atoms with Gasteiger partial charge in [-0.25, -0.2) is 4.79 Å². The minimum atomic E-state index is -0.618. The standard InChI is InChI=1S/C12H14Cl2O3/c1-7(2)3-4-17-12(16)9-5-8(13)6-10(14)11(9)15/h5-7,15H,3-4H2,1-2H3. The van der Waals surface area contributed by atoms with Crippen LogP contribution >= 0.6 is 23.2 Å². The molecule has 0 aliphatic heterocycles. The van der Waals surface area contributed by atoms with Gasteiger partial charge in [-0.2, -0.15) is 0 Å². The molecular weight excluding hydrogens is 263 g/mol. The Bertz CT molecular complexity index is 416. The van der Waals surface area contributed by atoms with E-state index in [0.717, 1.165) is 6.42 Å². The van der Waals surface area contributed by atoms with Crippen LogP contribution in [0.1, 0.15) is 30.6 Å². The minimum Gasteiger partial charge on any atom is -0.505 e. The van der Waals surface area contributed by atoms with E-state index < -0.39 is 5.97 Å². The predicted octanol–water partition coefficient (Wildman–Crippen LogP) is 3.90. The highest BCUT2D eigenvalue weighted by atomic mass is 35.5. The van der Waals surface area contributed by atoms with E-state index in [-0.39, 0.29) is 21.4 Å². The smallest absolute Gasteiger partial charge is 0.342 e. The number of phenols is 1. The highest BCUT2D eigenvalue weighted by molar-refractivity contribution is 6.36. The summed E-state index contributed by atoms with van der Waals surface area (Å²) in [5, 5.41) is 9.93. The van der Waals surface area contributed by atoms with Crippen molar-refractivity contribution in [1.82, 2.24) is 0 Å². The third-order valence-corrected chi connectivity index (χ3v) is 2.68. The molecule has 0 saturated heterocycles. The summed E-state index contributed by atoms with van der Waals surface area (Å²) in [5.41, 5.74) is -0.00810. The highest BCUT2D eigenvalue weighted by Crippen LogP contribution is 2.31. The molecular formula is C12H14Cl2O3. The Kier molecular flexibility index (Phi) is 5.09. The van der Waals surface area contributed by atoms with Crippen molar-refractivity contribution >= 4 is 29.2 Å². The fourth-order valence-corrected chi connectivity index (χ4v) is 1.68. The number of ether oxygens (including phenoxy) is 1. The molecule has 0 aliphatic rings. The van der Waals surface area contributed by atoms with E-state index >= 15 is 0 Å². The lowest BCUT2D eigenvalue weighted by atomic mass is 10.1. The summed E-state index contributed by atoms with van der Waals surface area (Å²) in [6.07, 6.45) is 0.765. The Morgan fingerprint density at radius 1 is 1.41 bits per heavy atom. The lowest BCUT2D eigenvalue weighted by molar-refractivity contribution is 0.0485. The van der Waals surface area contributed by atoms with Gasteiger partial charge in [0.05, 0.1) is 11.6 Å². The second-order valence-corrected chi connectivity index (χ2v) is 4.95. The van der Waals surface area contributed by atoms with Crippen LogP contribution in [-0.4, -0.2) is 17.7 Å². The summed E-state index contributed by atoms with van der Waals surface area (Å²) in [5.74, 6) is -0.475. The first kappa shape index (κ1) is 14.1. The molecule has 0 spiro atoms. The molecule has 1 rings (SSSR count). The molecule has 5 heteroatoms. The molecule has 1 N–H and O–H groups in total. The van der Waals surface area contributed by atoms with Crippen molar-refractivity contribution in [2.45, 2.75) is 20.3 Å². The van der Waals surface area contributed by atoms with Gasteiger partial charge in [0.2, 0.25) is 0 Å². The Labute approximate surface area is 110 Å². The van der Waals surface area contributed by atoms with Gasteiger partial charge in [0.25, 0.3) is 0 Å². The van der Waals surface area contributed by atoms with Crippen LogP contribution in [0, 0.1) is 5.92 Å². The maximum absolute atomic E-state index is 11.7. The van der Waals surface area contributed by atoms with Gasteiger partial charge in [0, 0.05) is 5.02 Å². The summed E-state index contributed by atoms with van der Waals surface area (Å²) in [7, 11) is 0. The average Bonchev–Trinajstić information content (AvgIpc) is 2.22. The van der Waals surface area contributed by atoms with Crippen LogP contribution < -0.4 is 0 Å². The maximum atomic E-state index is 11.7. The topological polar surface area (TPSA) is 46.5 Å². The number of halogens is 2. The van der Waals surface area contributed by atoms with Crippen molar-refractivity contribution < 1.29 is 14.6 Å². The minimum absolute atomic E-state index is 0.00810. The van der Waals surface area contributed by atoms with E-state index in [1.807, 2.05) is 13.8 Å². The van der Waals surface area contributed by atoms with Crippen molar-refractivity contribution in [3.8, 4) is 5.75 Å². The van der Waals surface area contributed by atoms with E-state index in [9.17, 15) is 9.90 Å². The first-order valence-corrected chi connectivity index (χ1v) is 6.02. The normalized spacial score (nSPS) is 10.6. The SMILES string of the molecule is CC(C)CCOC(=O)c1cc(Cl)cc(Cl)c1O. The van der Waals surface area contributed by atoms with E-state index in [1.165, 1.54) is 12.1 Å². The Balaban J connectivity index is 2.75. The predicted molar refractivity (Wildman–Crippen MR) is 67.9 cm³/mol. The van der Waals surface area contributed by atoms with Gasteiger partial charge in [-0.3, -0.25) is 0 Å². The van der Waals surface area contributed by atoms with E-state index in [2.05, 4.69) is 0 Å².